The van der Waals surface area contributed by atoms with Crippen molar-refractivity contribution in [2.24, 2.45) is 5.41 Å². The number of Topliss-reactive ketones (excluding diaryl/α,β-unsaturated/α-hetero) is 1. The van der Waals surface area contributed by atoms with Crippen LogP contribution >= 0.6 is 0 Å². The molecule has 3 heteroatoms. The average molecular weight is 192 g/mol. The Morgan fingerprint density at radius 3 is 2.79 bits per heavy atom. The van der Waals surface area contributed by atoms with E-state index in [1.54, 1.807) is 0 Å². The molecule has 1 aliphatic rings. The van der Waals surface area contributed by atoms with Gasteiger partial charge in [0.05, 0.1) is 11.1 Å². The fourth-order valence-corrected chi connectivity index (χ4v) is 1.97. The molecule has 0 radical (unpaired) electrons. The summed E-state index contributed by atoms with van der Waals surface area (Å²) in [5, 5.41) is 0. The van der Waals surface area contributed by atoms with Crippen molar-refractivity contribution in [2.45, 2.75) is 26.7 Å². The molecule has 3 nitrogen and oxygen atoms in total. The standard InChI is InChI=1S/C11H12O3/c1-11(2)3-8(13)10-7(5-12)6-14-9(10)4-11/h5-6H,3-4H2,1-2H3. The predicted molar refractivity (Wildman–Crippen MR) is 50.5 cm³/mol. The third-order valence-corrected chi connectivity index (χ3v) is 2.58. The molecule has 1 aliphatic carbocycles. The maximum absolute atomic E-state index is 11.7. The van der Waals surface area contributed by atoms with Crippen molar-refractivity contribution in [2.75, 3.05) is 0 Å². The Bertz CT molecular complexity index is 399. The highest BCUT2D eigenvalue weighted by Crippen LogP contribution is 2.36. The molecule has 0 aliphatic heterocycles. The molecule has 0 atom stereocenters. The van der Waals surface area contributed by atoms with Crippen LogP contribution in [0.2, 0.25) is 0 Å². The summed E-state index contributed by atoms with van der Waals surface area (Å²) in [5.74, 6) is 0.681. The highest BCUT2D eigenvalue weighted by Gasteiger charge is 2.34. The lowest BCUT2D eigenvalue weighted by Gasteiger charge is -2.27. The van der Waals surface area contributed by atoms with Gasteiger partial charge in [0.15, 0.2) is 12.1 Å². The van der Waals surface area contributed by atoms with Crippen LogP contribution < -0.4 is 0 Å². The molecule has 0 saturated carbocycles. The molecule has 14 heavy (non-hydrogen) atoms. The van der Waals surface area contributed by atoms with Crippen molar-refractivity contribution in [3.63, 3.8) is 0 Å². The summed E-state index contributed by atoms with van der Waals surface area (Å²) in [5.41, 5.74) is 0.835. The van der Waals surface area contributed by atoms with Crippen molar-refractivity contribution >= 4 is 12.1 Å². The number of carbonyl (C=O) groups is 2. The first kappa shape index (κ1) is 9.19. The van der Waals surface area contributed by atoms with Crippen LogP contribution in [0.5, 0.6) is 0 Å². The van der Waals surface area contributed by atoms with Gasteiger partial charge in [0.2, 0.25) is 0 Å². The Morgan fingerprint density at radius 1 is 1.43 bits per heavy atom. The lowest BCUT2D eigenvalue weighted by Crippen LogP contribution is -2.26. The molecule has 0 N–H and O–H groups in total. The zero-order valence-corrected chi connectivity index (χ0v) is 8.29. The van der Waals surface area contributed by atoms with Crippen molar-refractivity contribution in [1.82, 2.24) is 0 Å². The van der Waals surface area contributed by atoms with Crippen molar-refractivity contribution in [3.8, 4) is 0 Å². The number of ketones is 1. The van der Waals surface area contributed by atoms with Gasteiger partial charge in [0, 0.05) is 12.8 Å². The van der Waals surface area contributed by atoms with E-state index in [2.05, 4.69) is 0 Å². The Hall–Kier alpha value is -1.38. The van der Waals surface area contributed by atoms with Gasteiger partial charge in [0.25, 0.3) is 0 Å². The minimum absolute atomic E-state index is 0.0205. The third kappa shape index (κ3) is 1.29. The molecule has 1 aromatic heterocycles. The molecule has 1 aromatic rings. The summed E-state index contributed by atoms with van der Waals surface area (Å²) in [7, 11) is 0. The average Bonchev–Trinajstić information content (AvgIpc) is 2.44. The molecule has 1 heterocycles. The van der Waals surface area contributed by atoms with Gasteiger partial charge >= 0.3 is 0 Å². The summed E-state index contributed by atoms with van der Waals surface area (Å²) in [6.45, 7) is 4.05. The zero-order chi connectivity index (χ0) is 10.3. The Kier molecular flexibility index (Phi) is 1.84. The number of carbonyl (C=O) groups excluding carboxylic acids is 2. The first-order valence-electron chi connectivity index (χ1n) is 4.62. The summed E-state index contributed by atoms with van der Waals surface area (Å²) in [6.07, 6.45) is 3.26. The zero-order valence-electron chi connectivity index (χ0n) is 8.29. The molecular formula is C11H12O3. The number of furan rings is 1. The monoisotopic (exact) mass is 192 g/mol. The van der Waals surface area contributed by atoms with E-state index in [4.69, 9.17) is 4.42 Å². The summed E-state index contributed by atoms with van der Waals surface area (Å²) in [6, 6.07) is 0. The maximum atomic E-state index is 11.7. The van der Waals surface area contributed by atoms with Crippen LogP contribution in [0.1, 0.15) is 46.7 Å². The number of hydrogen-bond donors (Lipinski definition) is 0. The van der Waals surface area contributed by atoms with Crippen LogP contribution in [0, 0.1) is 5.41 Å². The predicted octanol–water partition coefficient (Wildman–Crippen LogP) is 2.25. The van der Waals surface area contributed by atoms with Crippen LogP contribution in [0.4, 0.5) is 0 Å². The van der Waals surface area contributed by atoms with E-state index in [0.717, 1.165) is 6.42 Å². The van der Waals surface area contributed by atoms with Crippen molar-refractivity contribution < 1.29 is 14.0 Å². The third-order valence-electron chi connectivity index (χ3n) is 2.58. The highest BCUT2D eigenvalue weighted by atomic mass is 16.3. The van der Waals surface area contributed by atoms with E-state index < -0.39 is 0 Å². The van der Waals surface area contributed by atoms with E-state index in [-0.39, 0.29) is 11.2 Å². The lowest BCUT2D eigenvalue weighted by atomic mass is 9.76. The van der Waals surface area contributed by atoms with E-state index in [1.807, 2.05) is 13.8 Å². The molecule has 74 valence electrons. The Morgan fingerprint density at radius 2 is 2.14 bits per heavy atom. The van der Waals surface area contributed by atoms with Gasteiger partial charge in [-0.25, -0.2) is 0 Å². The normalized spacial score (nSPS) is 19.1. The van der Waals surface area contributed by atoms with E-state index in [0.29, 0.717) is 29.6 Å². The van der Waals surface area contributed by atoms with E-state index in [1.165, 1.54) is 6.26 Å². The van der Waals surface area contributed by atoms with Crippen LogP contribution in [0.3, 0.4) is 0 Å². The molecule has 0 bridgehead atoms. The molecule has 0 aromatic carbocycles. The highest BCUT2D eigenvalue weighted by molar-refractivity contribution is 6.04. The lowest BCUT2D eigenvalue weighted by molar-refractivity contribution is 0.0899. The second-order valence-corrected chi connectivity index (χ2v) is 4.55. The van der Waals surface area contributed by atoms with Gasteiger partial charge in [-0.2, -0.15) is 0 Å². The number of aldehydes is 1. The minimum Gasteiger partial charge on any atom is -0.468 e. The molecule has 0 unspecified atom stereocenters. The van der Waals surface area contributed by atoms with Crippen molar-refractivity contribution in [3.05, 3.63) is 23.2 Å². The van der Waals surface area contributed by atoms with Gasteiger partial charge in [0.1, 0.15) is 12.0 Å². The van der Waals surface area contributed by atoms with Gasteiger partial charge in [-0.15, -0.1) is 0 Å². The van der Waals surface area contributed by atoms with Crippen LogP contribution in [0.15, 0.2) is 10.7 Å². The smallest absolute Gasteiger partial charge is 0.167 e. The first-order chi connectivity index (χ1) is 6.53. The minimum atomic E-state index is -0.0535. The van der Waals surface area contributed by atoms with Crippen LogP contribution in [-0.4, -0.2) is 12.1 Å². The fourth-order valence-electron chi connectivity index (χ4n) is 1.97. The second-order valence-electron chi connectivity index (χ2n) is 4.55. The number of hydrogen-bond acceptors (Lipinski definition) is 3. The topological polar surface area (TPSA) is 47.3 Å². The molecule has 0 fully saturated rings. The maximum Gasteiger partial charge on any atom is 0.167 e. The van der Waals surface area contributed by atoms with Crippen LogP contribution in [-0.2, 0) is 6.42 Å². The van der Waals surface area contributed by atoms with Gasteiger partial charge in [-0.05, 0) is 5.41 Å². The quantitative estimate of drug-likeness (QED) is 0.641. The molecular weight excluding hydrogens is 180 g/mol. The van der Waals surface area contributed by atoms with Gasteiger partial charge in [-0.1, -0.05) is 13.8 Å². The molecule has 0 spiro atoms. The SMILES string of the molecule is CC1(C)CC(=O)c2c(C=O)coc2C1. The Balaban J connectivity index is 2.52. The van der Waals surface area contributed by atoms with Gasteiger partial charge < -0.3 is 4.42 Å². The van der Waals surface area contributed by atoms with E-state index >= 15 is 0 Å². The largest absolute Gasteiger partial charge is 0.468 e. The summed E-state index contributed by atoms with van der Waals surface area (Å²) in [4.78, 5) is 22.4. The number of rotatable bonds is 1. The summed E-state index contributed by atoms with van der Waals surface area (Å²) >= 11 is 0. The summed E-state index contributed by atoms with van der Waals surface area (Å²) < 4.78 is 5.23. The van der Waals surface area contributed by atoms with Gasteiger partial charge in [-0.3, -0.25) is 9.59 Å². The molecule has 0 saturated heterocycles. The van der Waals surface area contributed by atoms with E-state index in [9.17, 15) is 9.59 Å². The first-order valence-corrected chi connectivity index (χ1v) is 4.62. The Labute approximate surface area is 82.1 Å². The second kappa shape index (κ2) is 2.80. The van der Waals surface area contributed by atoms with Crippen molar-refractivity contribution in [1.29, 1.82) is 0 Å². The van der Waals surface area contributed by atoms with Crippen LogP contribution in [0.25, 0.3) is 0 Å². The number of fused-ring (bicyclic) bond motifs is 1. The molecule has 0 amide bonds. The fraction of sp³-hybridized carbons (Fsp3) is 0.455. The molecule has 2 rings (SSSR count).